The van der Waals surface area contributed by atoms with Gasteiger partial charge in [0.25, 0.3) is 0 Å². The van der Waals surface area contributed by atoms with Crippen LogP contribution in [0.25, 0.3) is 0 Å². The fourth-order valence-corrected chi connectivity index (χ4v) is 0.947. The van der Waals surface area contributed by atoms with Crippen molar-refractivity contribution in [3.63, 3.8) is 0 Å². The molecule has 10 heavy (non-hydrogen) atoms. The summed E-state index contributed by atoms with van der Waals surface area (Å²) >= 11 is 0. The first-order valence-electron chi connectivity index (χ1n) is 3.41. The molecule has 0 unspecified atom stereocenters. The summed E-state index contributed by atoms with van der Waals surface area (Å²) in [5.41, 5.74) is 2.41. The maximum atomic E-state index is 8.63. The quantitative estimate of drug-likeness (QED) is 0.648. The van der Waals surface area contributed by atoms with E-state index in [9.17, 15) is 0 Å². The SMILES string of the molecule is Cc1c[c]ccc1CCO. The molecule has 1 aromatic rings. The lowest BCUT2D eigenvalue weighted by Crippen LogP contribution is -1.92. The highest BCUT2D eigenvalue weighted by Crippen LogP contribution is 2.05. The Balaban J connectivity index is 2.81. The molecule has 0 atom stereocenters. The standard InChI is InChI=1S/C9H11O/c1-8-4-2-3-5-9(8)6-7-10/h3-5,10H,6-7H2,1H3. The van der Waals surface area contributed by atoms with Gasteiger partial charge in [0.05, 0.1) is 0 Å². The van der Waals surface area contributed by atoms with Crippen LogP contribution in [0.2, 0.25) is 0 Å². The van der Waals surface area contributed by atoms with Crippen LogP contribution in [0.4, 0.5) is 0 Å². The van der Waals surface area contributed by atoms with Gasteiger partial charge in [-0.15, -0.1) is 0 Å². The van der Waals surface area contributed by atoms with E-state index in [4.69, 9.17) is 5.11 Å². The highest BCUT2D eigenvalue weighted by atomic mass is 16.2. The highest BCUT2D eigenvalue weighted by Gasteiger charge is 1.93. The molecule has 0 heterocycles. The van der Waals surface area contributed by atoms with Crippen molar-refractivity contribution in [2.24, 2.45) is 0 Å². The second kappa shape index (κ2) is 3.37. The summed E-state index contributed by atoms with van der Waals surface area (Å²) in [6.45, 7) is 2.26. The van der Waals surface area contributed by atoms with E-state index in [-0.39, 0.29) is 6.61 Å². The largest absolute Gasteiger partial charge is 0.396 e. The van der Waals surface area contributed by atoms with Gasteiger partial charge in [0, 0.05) is 6.61 Å². The maximum absolute atomic E-state index is 8.63. The molecular formula is C9H11O. The Morgan fingerprint density at radius 3 is 3.00 bits per heavy atom. The molecule has 0 aliphatic rings. The Labute approximate surface area is 61.3 Å². The van der Waals surface area contributed by atoms with Crippen LogP contribution in [0.15, 0.2) is 18.2 Å². The van der Waals surface area contributed by atoms with E-state index in [1.165, 1.54) is 11.1 Å². The van der Waals surface area contributed by atoms with Crippen LogP contribution in [0, 0.1) is 13.0 Å². The molecule has 1 nitrogen and oxygen atoms in total. The zero-order valence-electron chi connectivity index (χ0n) is 6.09. The van der Waals surface area contributed by atoms with Crippen LogP contribution in [0.1, 0.15) is 11.1 Å². The fraction of sp³-hybridized carbons (Fsp3) is 0.333. The minimum atomic E-state index is 0.227. The number of hydrogen-bond donors (Lipinski definition) is 1. The first-order chi connectivity index (χ1) is 4.84. The zero-order valence-corrected chi connectivity index (χ0v) is 6.09. The Hall–Kier alpha value is -0.820. The molecular weight excluding hydrogens is 124 g/mol. The molecule has 1 heteroatoms. The average Bonchev–Trinajstić information content (AvgIpc) is 1.94. The van der Waals surface area contributed by atoms with Gasteiger partial charge in [0.15, 0.2) is 0 Å². The zero-order chi connectivity index (χ0) is 7.40. The predicted octanol–water partition coefficient (Wildman–Crippen LogP) is 1.33. The van der Waals surface area contributed by atoms with Crippen molar-refractivity contribution in [3.05, 3.63) is 35.4 Å². The second-order valence-electron chi connectivity index (χ2n) is 2.33. The van der Waals surface area contributed by atoms with Crippen molar-refractivity contribution in [1.82, 2.24) is 0 Å². The normalized spacial score (nSPS) is 9.80. The summed E-state index contributed by atoms with van der Waals surface area (Å²) in [4.78, 5) is 0. The molecule has 0 saturated carbocycles. The molecule has 1 radical (unpaired) electrons. The van der Waals surface area contributed by atoms with Crippen LogP contribution in [0.3, 0.4) is 0 Å². The number of hydrogen-bond acceptors (Lipinski definition) is 1. The number of aliphatic hydroxyl groups excluding tert-OH is 1. The Morgan fingerprint density at radius 2 is 2.40 bits per heavy atom. The molecule has 0 spiro atoms. The van der Waals surface area contributed by atoms with Gasteiger partial charge in [-0.3, -0.25) is 0 Å². The third-order valence-corrected chi connectivity index (χ3v) is 1.57. The summed E-state index contributed by atoms with van der Waals surface area (Å²) in [7, 11) is 0. The minimum absolute atomic E-state index is 0.227. The van der Waals surface area contributed by atoms with Crippen LogP contribution >= 0.6 is 0 Å². The number of aryl methyl sites for hydroxylation is 1. The molecule has 1 rings (SSSR count). The third-order valence-electron chi connectivity index (χ3n) is 1.57. The topological polar surface area (TPSA) is 20.2 Å². The van der Waals surface area contributed by atoms with Crippen molar-refractivity contribution in [3.8, 4) is 0 Å². The van der Waals surface area contributed by atoms with Crippen LogP contribution in [-0.4, -0.2) is 11.7 Å². The summed E-state index contributed by atoms with van der Waals surface area (Å²) in [5, 5.41) is 8.63. The van der Waals surface area contributed by atoms with Gasteiger partial charge in [0.1, 0.15) is 0 Å². The lowest BCUT2D eigenvalue weighted by molar-refractivity contribution is 0.299. The summed E-state index contributed by atoms with van der Waals surface area (Å²) in [6, 6.07) is 8.78. The first kappa shape index (κ1) is 7.29. The Kier molecular flexibility index (Phi) is 2.46. The molecule has 0 aliphatic carbocycles. The van der Waals surface area contributed by atoms with Gasteiger partial charge in [-0.05, 0) is 30.5 Å². The van der Waals surface area contributed by atoms with Gasteiger partial charge in [-0.25, -0.2) is 0 Å². The smallest absolute Gasteiger partial charge is 0.0471 e. The summed E-state index contributed by atoms with van der Waals surface area (Å²) in [5.74, 6) is 0. The Bertz CT molecular complexity index is 206. The lowest BCUT2D eigenvalue weighted by atomic mass is 10.1. The molecule has 0 bridgehead atoms. The predicted molar refractivity (Wildman–Crippen MR) is 40.8 cm³/mol. The average molecular weight is 135 g/mol. The monoisotopic (exact) mass is 135 g/mol. The third kappa shape index (κ3) is 1.58. The van der Waals surface area contributed by atoms with Crippen molar-refractivity contribution in [1.29, 1.82) is 0 Å². The van der Waals surface area contributed by atoms with Gasteiger partial charge in [0.2, 0.25) is 0 Å². The van der Waals surface area contributed by atoms with Gasteiger partial charge >= 0.3 is 0 Å². The fourth-order valence-electron chi connectivity index (χ4n) is 0.947. The van der Waals surface area contributed by atoms with E-state index >= 15 is 0 Å². The molecule has 53 valence electrons. The van der Waals surface area contributed by atoms with Crippen LogP contribution in [0.5, 0.6) is 0 Å². The summed E-state index contributed by atoms with van der Waals surface area (Å²) < 4.78 is 0. The molecule has 0 aliphatic heterocycles. The van der Waals surface area contributed by atoms with E-state index in [1.807, 2.05) is 25.1 Å². The highest BCUT2D eigenvalue weighted by molar-refractivity contribution is 5.24. The van der Waals surface area contributed by atoms with Crippen molar-refractivity contribution in [2.45, 2.75) is 13.3 Å². The molecule has 0 amide bonds. The second-order valence-corrected chi connectivity index (χ2v) is 2.33. The molecule has 1 aromatic carbocycles. The van der Waals surface area contributed by atoms with E-state index in [0.717, 1.165) is 6.42 Å². The minimum Gasteiger partial charge on any atom is -0.396 e. The van der Waals surface area contributed by atoms with Crippen molar-refractivity contribution < 1.29 is 5.11 Å². The molecule has 0 saturated heterocycles. The number of rotatable bonds is 2. The van der Waals surface area contributed by atoms with Crippen LogP contribution in [-0.2, 0) is 6.42 Å². The number of benzene rings is 1. The van der Waals surface area contributed by atoms with E-state index in [2.05, 4.69) is 6.07 Å². The van der Waals surface area contributed by atoms with Gasteiger partial charge in [-0.1, -0.05) is 18.2 Å². The van der Waals surface area contributed by atoms with Crippen molar-refractivity contribution in [2.75, 3.05) is 6.61 Å². The molecule has 1 N–H and O–H groups in total. The molecule has 0 fully saturated rings. The summed E-state index contributed by atoms with van der Waals surface area (Å²) in [6.07, 6.45) is 0.751. The van der Waals surface area contributed by atoms with Crippen molar-refractivity contribution >= 4 is 0 Å². The first-order valence-corrected chi connectivity index (χ1v) is 3.41. The Morgan fingerprint density at radius 1 is 1.60 bits per heavy atom. The molecule has 0 aromatic heterocycles. The van der Waals surface area contributed by atoms with Gasteiger partial charge < -0.3 is 5.11 Å². The lowest BCUT2D eigenvalue weighted by Gasteiger charge is -2.00. The van der Waals surface area contributed by atoms with Gasteiger partial charge in [-0.2, -0.15) is 0 Å². The maximum Gasteiger partial charge on any atom is 0.0471 e. The van der Waals surface area contributed by atoms with Crippen LogP contribution < -0.4 is 0 Å². The number of aliphatic hydroxyl groups is 1. The van der Waals surface area contributed by atoms with E-state index < -0.39 is 0 Å². The van der Waals surface area contributed by atoms with E-state index in [1.54, 1.807) is 0 Å². The van der Waals surface area contributed by atoms with E-state index in [0.29, 0.717) is 0 Å².